The topological polar surface area (TPSA) is 70.2 Å². The van der Waals surface area contributed by atoms with Gasteiger partial charge in [0.25, 0.3) is 5.91 Å². The zero-order chi connectivity index (χ0) is 18.0. The summed E-state index contributed by atoms with van der Waals surface area (Å²) < 4.78 is 0.921. The molecule has 3 amide bonds. The van der Waals surface area contributed by atoms with Crippen LogP contribution in [-0.4, -0.2) is 11.9 Å². The van der Waals surface area contributed by atoms with E-state index in [4.69, 9.17) is 11.6 Å². The van der Waals surface area contributed by atoms with Crippen molar-refractivity contribution in [1.29, 1.82) is 0 Å². The third kappa shape index (κ3) is 4.03. The maximum absolute atomic E-state index is 12.8. The summed E-state index contributed by atoms with van der Waals surface area (Å²) in [4.78, 5) is 24.7. The molecule has 1 heterocycles. The van der Waals surface area contributed by atoms with Crippen molar-refractivity contribution in [3.8, 4) is 0 Å². The predicted octanol–water partition coefficient (Wildman–Crippen LogP) is 4.37. The van der Waals surface area contributed by atoms with Crippen LogP contribution in [0.3, 0.4) is 0 Å². The molecule has 0 saturated heterocycles. The van der Waals surface area contributed by atoms with E-state index >= 15 is 0 Å². The first kappa shape index (κ1) is 17.5. The summed E-state index contributed by atoms with van der Waals surface area (Å²) in [6.45, 7) is 1.70. The summed E-state index contributed by atoms with van der Waals surface area (Å²) >= 11 is 9.42. The summed E-state index contributed by atoms with van der Waals surface area (Å²) in [5.41, 5.74) is 2.34. The Bertz CT molecular complexity index is 865. The minimum Gasteiger partial charge on any atom is -0.327 e. The molecule has 0 radical (unpaired) electrons. The molecule has 7 heteroatoms. The van der Waals surface area contributed by atoms with Gasteiger partial charge in [0.05, 0.1) is 11.6 Å². The zero-order valence-corrected chi connectivity index (χ0v) is 15.6. The van der Waals surface area contributed by atoms with Crippen LogP contribution in [0.1, 0.15) is 18.5 Å². The van der Waals surface area contributed by atoms with Crippen LogP contribution < -0.4 is 16.0 Å². The van der Waals surface area contributed by atoms with Crippen molar-refractivity contribution in [2.75, 3.05) is 5.32 Å². The average molecular weight is 421 g/mol. The lowest BCUT2D eigenvalue weighted by molar-refractivity contribution is -0.113. The summed E-state index contributed by atoms with van der Waals surface area (Å²) in [5.74, 6) is -0.294. The van der Waals surface area contributed by atoms with E-state index in [0.717, 1.165) is 10.0 Å². The van der Waals surface area contributed by atoms with Crippen LogP contribution in [0.15, 0.2) is 64.3 Å². The smallest absolute Gasteiger partial charge is 0.319 e. The average Bonchev–Trinajstić information content (AvgIpc) is 2.56. The van der Waals surface area contributed by atoms with Crippen LogP contribution >= 0.6 is 27.5 Å². The number of carbonyl (C=O) groups is 2. The van der Waals surface area contributed by atoms with Gasteiger partial charge in [-0.15, -0.1) is 0 Å². The van der Waals surface area contributed by atoms with Gasteiger partial charge in [-0.3, -0.25) is 4.79 Å². The van der Waals surface area contributed by atoms with Crippen molar-refractivity contribution in [3.05, 3.63) is 74.9 Å². The molecule has 0 aliphatic carbocycles. The third-order valence-electron chi connectivity index (χ3n) is 3.80. The molecule has 2 aromatic carbocycles. The van der Waals surface area contributed by atoms with Gasteiger partial charge in [-0.2, -0.15) is 0 Å². The molecular formula is C18H15BrClN3O2. The van der Waals surface area contributed by atoms with Crippen molar-refractivity contribution in [2.24, 2.45) is 0 Å². The molecule has 1 aliphatic heterocycles. The molecule has 2 aromatic rings. The minimum atomic E-state index is -0.581. The Balaban J connectivity index is 1.94. The van der Waals surface area contributed by atoms with Gasteiger partial charge in [-0.1, -0.05) is 39.7 Å². The summed E-state index contributed by atoms with van der Waals surface area (Å²) in [7, 11) is 0. The van der Waals surface area contributed by atoms with Crippen LogP contribution in [0.2, 0.25) is 5.02 Å². The molecule has 3 N–H and O–H groups in total. The van der Waals surface area contributed by atoms with E-state index in [2.05, 4.69) is 31.9 Å². The van der Waals surface area contributed by atoms with Crippen molar-refractivity contribution in [1.82, 2.24) is 10.6 Å². The fraction of sp³-hybridized carbons (Fsp3) is 0.111. The Labute approximate surface area is 158 Å². The van der Waals surface area contributed by atoms with Crippen LogP contribution in [0.25, 0.3) is 0 Å². The first-order valence-electron chi connectivity index (χ1n) is 7.54. The van der Waals surface area contributed by atoms with Crippen LogP contribution in [-0.2, 0) is 4.79 Å². The Morgan fingerprint density at radius 2 is 1.92 bits per heavy atom. The number of anilines is 1. The highest BCUT2D eigenvalue weighted by Crippen LogP contribution is 2.29. The molecule has 0 saturated carbocycles. The highest BCUT2D eigenvalue weighted by atomic mass is 79.9. The number of rotatable bonds is 3. The van der Waals surface area contributed by atoms with Gasteiger partial charge < -0.3 is 16.0 Å². The standard InChI is InChI=1S/C18H15BrClN3O2/c1-10-15(17(24)22-14-7-5-12(19)6-8-14)16(23-18(25)21-10)11-3-2-4-13(20)9-11/h2-9,16H,1H3,(H,22,24)(H2,21,23,25). The highest BCUT2D eigenvalue weighted by Gasteiger charge is 2.31. The quantitative estimate of drug-likeness (QED) is 0.690. The van der Waals surface area contributed by atoms with E-state index in [9.17, 15) is 9.59 Å². The molecule has 5 nitrogen and oxygen atoms in total. The largest absolute Gasteiger partial charge is 0.327 e. The van der Waals surface area contributed by atoms with Gasteiger partial charge in [0, 0.05) is 20.9 Å². The number of halogens is 2. The fourth-order valence-electron chi connectivity index (χ4n) is 2.66. The molecular weight excluding hydrogens is 406 g/mol. The van der Waals surface area contributed by atoms with Crippen LogP contribution in [0.5, 0.6) is 0 Å². The maximum Gasteiger partial charge on any atom is 0.319 e. The molecule has 0 fully saturated rings. The molecule has 1 aliphatic rings. The number of urea groups is 1. The van der Waals surface area contributed by atoms with Gasteiger partial charge in [-0.05, 0) is 48.9 Å². The molecule has 0 spiro atoms. The summed E-state index contributed by atoms with van der Waals surface area (Å²) in [6, 6.07) is 13.4. The number of amides is 3. The normalized spacial score (nSPS) is 16.9. The third-order valence-corrected chi connectivity index (χ3v) is 4.56. The number of carbonyl (C=O) groups excluding carboxylic acids is 2. The molecule has 1 unspecified atom stereocenters. The zero-order valence-electron chi connectivity index (χ0n) is 13.3. The van der Waals surface area contributed by atoms with E-state index in [1.165, 1.54) is 0 Å². The Morgan fingerprint density at radius 1 is 1.20 bits per heavy atom. The molecule has 1 atom stereocenters. The maximum atomic E-state index is 12.8. The second-order valence-corrected chi connectivity index (χ2v) is 6.94. The Kier molecular flexibility index (Phi) is 5.11. The second-order valence-electron chi connectivity index (χ2n) is 5.59. The van der Waals surface area contributed by atoms with Gasteiger partial charge in [0.2, 0.25) is 0 Å². The number of nitrogens with one attached hydrogen (secondary N) is 3. The predicted molar refractivity (Wildman–Crippen MR) is 101 cm³/mol. The highest BCUT2D eigenvalue weighted by molar-refractivity contribution is 9.10. The number of benzene rings is 2. The minimum absolute atomic E-state index is 0.294. The molecule has 0 aromatic heterocycles. The fourth-order valence-corrected chi connectivity index (χ4v) is 3.13. The molecule has 0 bridgehead atoms. The van der Waals surface area contributed by atoms with E-state index in [0.29, 0.717) is 22.0 Å². The molecule has 3 rings (SSSR count). The van der Waals surface area contributed by atoms with Crippen LogP contribution in [0, 0.1) is 0 Å². The SMILES string of the molecule is CC1=C(C(=O)Nc2ccc(Br)cc2)C(c2cccc(Cl)c2)NC(=O)N1. The van der Waals surface area contributed by atoms with E-state index in [-0.39, 0.29) is 11.9 Å². The van der Waals surface area contributed by atoms with Gasteiger partial charge in [-0.25, -0.2) is 4.79 Å². The van der Waals surface area contributed by atoms with E-state index < -0.39 is 6.04 Å². The second kappa shape index (κ2) is 7.29. The van der Waals surface area contributed by atoms with Gasteiger partial charge >= 0.3 is 6.03 Å². The lowest BCUT2D eigenvalue weighted by Crippen LogP contribution is -2.45. The lowest BCUT2D eigenvalue weighted by atomic mass is 9.95. The first-order valence-corrected chi connectivity index (χ1v) is 8.72. The van der Waals surface area contributed by atoms with Crippen molar-refractivity contribution in [3.63, 3.8) is 0 Å². The van der Waals surface area contributed by atoms with Crippen molar-refractivity contribution < 1.29 is 9.59 Å². The van der Waals surface area contributed by atoms with Crippen molar-refractivity contribution in [2.45, 2.75) is 13.0 Å². The van der Waals surface area contributed by atoms with Gasteiger partial charge in [0.1, 0.15) is 0 Å². The lowest BCUT2D eigenvalue weighted by Gasteiger charge is -2.28. The monoisotopic (exact) mass is 419 g/mol. The molecule has 25 heavy (non-hydrogen) atoms. The van der Waals surface area contributed by atoms with Crippen LogP contribution in [0.4, 0.5) is 10.5 Å². The first-order chi connectivity index (χ1) is 11.9. The van der Waals surface area contributed by atoms with E-state index in [1.54, 1.807) is 37.3 Å². The number of hydrogen-bond acceptors (Lipinski definition) is 2. The number of allylic oxidation sites excluding steroid dienone is 1. The Morgan fingerprint density at radius 3 is 2.60 bits per heavy atom. The molecule has 128 valence electrons. The summed E-state index contributed by atoms with van der Waals surface area (Å²) in [5, 5.41) is 8.82. The van der Waals surface area contributed by atoms with Crippen molar-refractivity contribution >= 4 is 45.2 Å². The number of hydrogen-bond donors (Lipinski definition) is 3. The van der Waals surface area contributed by atoms with E-state index in [1.807, 2.05) is 18.2 Å². The Hall–Kier alpha value is -2.31. The summed E-state index contributed by atoms with van der Waals surface area (Å²) in [6.07, 6.45) is 0. The van der Waals surface area contributed by atoms with Gasteiger partial charge in [0.15, 0.2) is 0 Å².